The van der Waals surface area contributed by atoms with Crippen LogP contribution in [0.15, 0.2) is 97.2 Å². The summed E-state index contributed by atoms with van der Waals surface area (Å²) >= 11 is 0. The van der Waals surface area contributed by atoms with Gasteiger partial charge >= 0.3 is 0 Å². The standard InChI is InChI=1S/C24H16FNO/c25-22-13-10-18(11-14-22)23-15-12-21(16-26-23)17-6-8-20(9-7-17)24(27)19-4-2-1-3-5-19/h1-16H. The van der Waals surface area contributed by atoms with Gasteiger partial charge in [-0.15, -0.1) is 0 Å². The van der Waals surface area contributed by atoms with E-state index in [1.807, 2.05) is 66.7 Å². The molecule has 3 aromatic carbocycles. The smallest absolute Gasteiger partial charge is 0.193 e. The highest BCUT2D eigenvalue weighted by Gasteiger charge is 2.09. The Labute approximate surface area is 157 Å². The van der Waals surface area contributed by atoms with E-state index in [0.717, 1.165) is 22.4 Å². The van der Waals surface area contributed by atoms with E-state index >= 15 is 0 Å². The zero-order valence-corrected chi connectivity index (χ0v) is 14.5. The van der Waals surface area contributed by atoms with E-state index in [1.165, 1.54) is 12.1 Å². The van der Waals surface area contributed by atoms with Gasteiger partial charge in [0.2, 0.25) is 0 Å². The van der Waals surface area contributed by atoms with Crippen LogP contribution in [0.2, 0.25) is 0 Å². The molecule has 1 aromatic heterocycles. The summed E-state index contributed by atoms with van der Waals surface area (Å²) in [6, 6.07) is 26.9. The highest BCUT2D eigenvalue weighted by molar-refractivity contribution is 6.09. The molecule has 0 aliphatic heterocycles. The molecule has 0 aliphatic rings. The van der Waals surface area contributed by atoms with Crippen molar-refractivity contribution in [3.63, 3.8) is 0 Å². The van der Waals surface area contributed by atoms with Gasteiger partial charge in [-0.3, -0.25) is 9.78 Å². The Morgan fingerprint density at radius 3 is 1.85 bits per heavy atom. The van der Waals surface area contributed by atoms with Crippen LogP contribution in [0, 0.1) is 5.82 Å². The number of hydrogen-bond donors (Lipinski definition) is 0. The van der Waals surface area contributed by atoms with Crippen molar-refractivity contribution in [3.05, 3.63) is 114 Å². The largest absolute Gasteiger partial charge is 0.289 e. The van der Waals surface area contributed by atoms with Crippen LogP contribution in [-0.4, -0.2) is 10.8 Å². The lowest BCUT2D eigenvalue weighted by molar-refractivity contribution is 0.103. The Kier molecular flexibility index (Phi) is 4.58. The molecule has 0 N–H and O–H groups in total. The van der Waals surface area contributed by atoms with Crippen LogP contribution in [0.25, 0.3) is 22.4 Å². The van der Waals surface area contributed by atoms with Gasteiger partial charge in [-0.1, -0.05) is 60.7 Å². The SMILES string of the molecule is O=C(c1ccccc1)c1ccc(-c2ccc(-c3ccc(F)cc3)nc2)cc1. The number of carbonyl (C=O) groups excluding carboxylic acids is 1. The number of rotatable bonds is 4. The summed E-state index contributed by atoms with van der Waals surface area (Å²) in [5.41, 5.74) is 4.93. The summed E-state index contributed by atoms with van der Waals surface area (Å²) in [7, 11) is 0. The van der Waals surface area contributed by atoms with E-state index in [0.29, 0.717) is 11.1 Å². The van der Waals surface area contributed by atoms with E-state index < -0.39 is 0 Å². The maximum Gasteiger partial charge on any atom is 0.193 e. The van der Waals surface area contributed by atoms with Gasteiger partial charge in [-0.05, 0) is 35.9 Å². The number of pyridine rings is 1. The van der Waals surface area contributed by atoms with E-state index in [4.69, 9.17) is 0 Å². The molecule has 27 heavy (non-hydrogen) atoms. The second-order valence-electron chi connectivity index (χ2n) is 6.21. The lowest BCUT2D eigenvalue weighted by Crippen LogP contribution is -2.00. The van der Waals surface area contributed by atoms with Crippen LogP contribution < -0.4 is 0 Å². The maximum absolute atomic E-state index is 13.0. The third-order valence-electron chi connectivity index (χ3n) is 4.42. The Morgan fingerprint density at radius 1 is 0.630 bits per heavy atom. The van der Waals surface area contributed by atoms with Crippen molar-refractivity contribution < 1.29 is 9.18 Å². The van der Waals surface area contributed by atoms with Crippen molar-refractivity contribution in [2.45, 2.75) is 0 Å². The van der Waals surface area contributed by atoms with Crippen molar-refractivity contribution in [2.24, 2.45) is 0 Å². The molecule has 0 saturated heterocycles. The number of carbonyl (C=O) groups is 1. The lowest BCUT2D eigenvalue weighted by Gasteiger charge is -2.06. The molecule has 0 amide bonds. The summed E-state index contributed by atoms with van der Waals surface area (Å²) < 4.78 is 13.0. The van der Waals surface area contributed by atoms with E-state index in [1.54, 1.807) is 18.3 Å². The highest BCUT2D eigenvalue weighted by Crippen LogP contribution is 2.23. The molecule has 0 unspecified atom stereocenters. The monoisotopic (exact) mass is 353 g/mol. The molecular weight excluding hydrogens is 337 g/mol. The molecule has 4 rings (SSSR count). The Morgan fingerprint density at radius 2 is 1.22 bits per heavy atom. The fourth-order valence-electron chi connectivity index (χ4n) is 2.93. The minimum Gasteiger partial charge on any atom is -0.289 e. The molecule has 0 aliphatic carbocycles. The first kappa shape index (κ1) is 16.9. The zero-order valence-electron chi connectivity index (χ0n) is 14.5. The summed E-state index contributed by atoms with van der Waals surface area (Å²) in [5, 5.41) is 0. The van der Waals surface area contributed by atoms with Gasteiger partial charge in [0.1, 0.15) is 5.82 Å². The second kappa shape index (κ2) is 7.34. The fraction of sp³-hybridized carbons (Fsp3) is 0. The van der Waals surface area contributed by atoms with Crippen LogP contribution in [0.5, 0.6) is 0 Å². The molecule has 0 spiro atoms. The number of ketones is 1. The number of nitrogens with zero attached hydrogens (tertiary/aromatic N) is 1. The maximum atomic E-state index is 13.0. The van der Waals surface area contributed by atoms with Gasteiger partial charge in [0.25, 0.3) is 0 Å². The lowest BCUT2D eigenvalue weighted by atomic mass is 10.00. The molecular formula is C24H16FNO. The highest BCUT2D eigenvalue weighted by atomic mass is 19.1. The Hall–Kier alpha value is -3.59. The molecule has 0 saturated carbocycles. The molecule has 1 heterocycles. The quantitative estimate of drug-likeness (QED) is 0.435. The third-order valence-corrected chi connectivity index (χ3v) is 4.42. The Balaban J connectivity index is 1.55. The van der Waals surface area contributed by atoms with E-state index in [9.17, 15) is 9.18 Å². The van der Waals surface area contributed by atoms with Crippen molar-refractivity contribution in [3.8, 4) is 22.4 Å². The first-order chi connectivity index (χ1) is 13.2. The predicted molar refractivity (Wildman–Crippen MR) is 105 cm³/mol. The molecule has 2 nitrogen and oxygen atoms in total. The number of benzene rings is 3. The van der Waals surface area contributed by atoms with Gasteiger partial charge in [0.05, 0.1) is 5.69 Å². The van der Waals surface area contributed by atoms with Crippen LogP contribution in [-0.2, 0) is 0 Å². The van der Waals surface area contributed by atoms with Gasteiger partial charge in [-0.25, -0.2) is 4.39 Å². The third kappa shape index (κ3) is 3.67. The molecule has 0 bridgehead atoms. The summed E-state index contributed by atoms with van der Waals surface area (Å²) in [6.45, 7) is 0. The molecule has 0 radical (unpaired) electrons. The van der Waals surface area contributed by atoms with Gasteiger partial charge < -0.3 is 0 Å². The minimum absolute atomic E-state index is 0.00642. The summed E-state index contributed by atoms with van der Waals surface area (Å²) in [5.74, 6) is -0.257. The van der Waals surface area contributed by atoms with Crippen LogP contribution in [0.4, 0.5) is 4.39 Å². The number of aromatic nitrogens is 1. The van der Waals surface area contributed by atoms with Crippen molar-refractivity contribution in [1.82, 2.24) is 4.98 Å². The van der Waals surface area contributed by atoms with Gasteiger partial charge in [0.15, 0.2) is 5.78 Å². The minimum atomic E-state index is -0.263. The molecule has 3 heteroatoms. The van der Waals surface area contributed by atoms with E-state index in [2.05, 4.69) is 4.98 Å². The summed E-state index contributed by atoms with van der Waals surface area (Å²) in [4.78, 5) is 17.0. The Bertz CT molecular complexity index is 1050. The van der Waals surface area contributed by atoms with Crippen molar-refractivity contribution in [2.75, 3.05) is 0 Å². The second-order valence-corrected chi connectivity index (χ2v) is 6.21. The van der Waals surface area contributed by atoms with Crippen molar-refractivity contribution >= 4 is 5.78 Å². The average Bonchev–Trinajstić information content (AvgIpc) is 2.75. The first-order valence-electron chi connectivity index (χ1n) is 8.63. The molecule has 0 atom stereocenters. The van der Waals surface area contributed by atoms with Crippen LogP contribution in [0.1, 0.15) is 15.9 Å². The van der Waals surface area contributed by atoms with Gasteiger partial charge in [0, 0.05) is 28.5 Å². The van der Waals surface area contributed by atoms with E-state index in [-0.39, 0.29) is 11.6 Å². The molecule has 130 valence electrons. The average molecular weight is 353 g/mol. The first-order valence-corrected chi connectivity index (χ1v) is 8.63. The summed E-state index contributed by atoms with van der Waals surface area (Å²) in [6.07, 6.45) is 1.78. The number of hydrogen-bond acceptors (Lipinski definition) is 2. The molecule has 0 fully saturated rings. The predicted octanol–water partition coefficient (Wildman–Crippen LogP) is 5.79. The molecule has 4 aromatic rings. The zero-order chi connectivity index (χ0) is 18.6. The van der Waals surface area contributed by atoms with Crippen LogP contribution >= 0.6 is 0 Å². The fourth-order valence-corrected chi connectivity index (χ4v) is 2.93. The van der Waals surface area contributed by atoms with Crippen LogP contribution in [0.3, 0.4) is 0 Å². The van der Waals surface area contributed by atoms with Gasteiger partial charge in [-0.2, -0.15) is 0 Å². The van der Waals surface area contributed by atoms with Crippen molar-refractivity contribution in [1.29, 1.82) is 0 Å². The topological polar surface area (TPSA) is 30.0 Å². The normalized spacial score (nSPS) is 10.6. The number of halogens is 1.